The number of rotatable bonds is 7. The molecule has 2 N–H and O–H groups in total. The summed E-state index contributed by atoms with van der Waals surface area (Å²) in [6, 6.07) is 15.1. The van der Waals surface area contributed by atoms with E-state index in [0.717, 1.165) is 28.4 Å². The Morgan fingerprint density at radius 3 is 2.46 bits per heavy atom. The maximum absolute atomic E-state index is 5.90. The first-order valence-corrected chi connectivity index (χ1v) is 8.09. The van der Waals surface area contributed by atoms with Gasteiger partial charge in [0.15, 0.2) is 0 Å². The smallest absolute Gasteiger partial charge is 0.233 e. The van der Waals surface area contributed by atoms with Crippen molar-refractivity contribution in [2.45, 2.75) is 6.61 Å². The van der Waals surface area contributed by atoms with Gasteiger partial charge >= 0.3 is 0 Å². The minimum Gasteiger partial charge on any atom is -0.497 e. The summed E-state index contributed by atoms with van der Waals surface area (Å²) >= 11 is 0. The average Bonchev–Trinajstić information content (AvgIpc) is 3.15. The van der Waals surface area contributed by atoms with Gasteiger partial charge in [0.25, 0.3) is 0 Å². The molecule has 136 valence electrons. The van der Waals surface area contributed by atoms with Crippen molar-refractivity contribution in [3.8, 4) is 23.1 Å². The Balaban J connectivity index is 1.76. The van der Waals surface area contributed by atoms with Crippen molar-refractivity contribution < 1.29 is 14.2 Å². The maximum atomic E-state index is 5.90. The largest absolute Gasteiger partial charge is 0.497 e. The molecular formula is C19H22N4O3. The number of benzene rings is 2. The normalized spacial score (nSPS) is 10.5. The van der Waals surface area contributed by atoms with Crippen molar-refractivity contribution in [2.24, 2.45) is 5.84 Å². The van der Waals surface area contributed by atoms with E-state index in [1.165, 1.54) is 5.01 Å². The Kier molecular flexibility index (Phi) is 5.28. The first-order chi connectivity index (χ1) is 12.6. The fraction of sp³-hybridized carbons (Fsp3) is 0.211. The first kappa shape index (κ1) is 17.6. The van der Waals surface area contributed by atoms with E-state index in [9.17, 15) is 0 Å². The highest BCUT2D eigenvalue weighted by atomic mass is 16.5. The summed E-state index contributed by atoms with van der Waals surface area (Å²) in [6.45, 7) is 0.292. The zero-order chi connectivity index (χ0) is 18.5. The van der Waals surface area contributed by atoms with Crippen LogP contribution in [0, 0.1) is 0 Å². The molecule has 0 fully saturated rings. The van der Waals surface area contributed by atoms with Crippen molar-refractivity contribution in [3.63, 3.8) is 0 Å². The molecule has 7 heteroatoms. The van der Waals surface area contributed by atoms with Crippen molar-refractivity contribution in [1.82, 2.24) is 9.78 Å². The quantitative estimate of drug-likeness (QED) is 0.519. The SMILES string of the molecule is COc1ccc(-n2ccc(OCc3c(OC)cccc3N(C)N)n2)cc1. The molecule has 0 unspecified atom stereocenters. The van der Waals surface area contributed by atoms with Gasteiger partial charge < -0.3 is 19.2 Å². The number of methoxy groups -OCH3 is 2. The lowest BCUT2D eigenvalue weighted by molar-refractivity contribution is 0.284. The van der Waals surface area contributed by atoms with Gasteiger partial charge in [0, 0.05) is 19.3 Å². The molecule has 1 aromatic heterocycles. The number of hydrazine groups is 1. The lowest BCUT2D eigenvalue weighted by Gasteiger charge is -2.19. The highest BCUT2D eigenvalue weighted by Gasteiger charge is 2.13. The van der Waals surface area contributed by atoms with E-state index < -0.39 is 0 Å². The first-order valence-electron chi connectivity index (χ1n) is 8.09. The summed E-state index contributed by atoms with van der Waals surface area (Å²) in [7, 11) is 5.04. The Morgan fingerprint density at radius 2 is 1.81 bits per heavy atom. The number of hydrogen-bond acceptors (Lipinski definition) is 6. The van der Waals surface area contributed by atoms with Gasteiger partial charge in [-0.2, -0.15) is 0 Å². The summed E-state index contributed by atoms with van der Waals surface area (Å²) in [5, 5.41) is 5.99. The lowest BCUT2D eigenvalue weighted by Crippen LogP contribution is -2.26. The molecule has 0 amide bonds. The van der Waals surface area contributed by atoms with Crippen LogP contribution >= 0.6 is 0 Å². The van der Waals surface area contributed by atoms with E-state index in [-0.39, 0.29) is 0 Å². The monoisotopic (exact) mass is 354 g/mol. The van der Waals surface area contributed by atoms with Crippen LogP contribution in [-0.4, -0.2) is 31.0 Å². The van der Waals surface area contributed by atoms with Crippen LogP contribution < -0.4 is 25.1 Å². The van der Waals surface area contributed by atoms with E-state index in [0.29, 0.717) is 12.5 Å². The predicted octanol–water partition coefficient (Wildman–Crippen LogP) is 2.78. The zero-order valence-electron chi connectivity index (χ0n) is 15.0. The Hall–Kier alpha value is -3.19. The second-order valence-corrected chi connectivity index (χ2v) is 5.65. The van der Waals surface area contributed by atoms with Crippen LogP contribution in [0.4, 0.5) is 5.69 Å². The lowest BCUT2D eigenvalue weighted by atomic mass is 10.1. The van der Waals surface area contributed by atoms with E-state index in [2.05, 4.69) is 5.10 Å². The van der Waals surface area contributed by atoms with Gasteiger partial charge in [0.05, 0.1) is 31.2 Å². The number of anilines is 1. The third kappa shape index (κ3) is 3.73. The maximum Gasteiger partial charge on any atom is 0.233 e. The number of nitrogens with zero attached hydrogens (tertiary/aromatic N) is 3. The molecule has 0 bridgehead atoms. The molecule has 0 saturated heterocycles. The molecule has 0 spiro atoms. The Morgan fingerprint density at radius 1 is 1.04 bits per heavy atom. The van der Waals surface area contributed by atoms with Crippen LogP contribution in [0.25, 0.3) is 5.69 Å². The molecule has 3 rings (SSSR count). The van der Waals surface area contributed by atoms with Gasteiger partial charge in [-0.15, -0.1) is 5.10 Å². The van der Waals surface area contributed by atoms with E-state index in [1.54, 1.807) is 25.9 Å². The van der Waals surface area contributed by atoms with Gasteiger partial charge in [0.1, 0.15) is 18.1 Å². The Labute approximate surface area is 152 Å². The summed E-state index contributed by atoms with van der Waals surface area (Å²) in [4.78, 5) is 0. The fourth-order valence-corrected chi connectivity index (χ4v) is 2.63. The van der Waals surface area contributed by atoms with Crippen molar-refractivity contribution in [1.29, 1.82) is 0 Å². The van der Waals surface area contributed by atoms with Crippen LogP contribution in [0.15, 0.2) is 54.7 Å². The highest BCUT2D eigenvalue weighted by Crippen LogP contribution is 2.29. The molecule has 0 radical (unpaired) electrons. The topological polar surface area (TPSA) is 74.8 Å². The molecule has 2 aromatic carbocycles. The molecule has 1 heterocycles. The predicted molar refractivity (Wildman–Crippen MR) is 100 cm³/mol. The van der Waals surface area contributed by atoms with Gasteiger partial charge in [-0.3, -0.25) is 0 Å². The van der Waals surface area contributed by atoms with Crippen LogP contribution in [-0.2, 0) is 6.61 Å². The van der Waals surface area contributed by atoms with Crippen LogP contribution in [0.3, 0.4) is 0 Å². The minimum absolute atomic E-state index is 0.292. The third-order valence-corrected chi connectivity index (χ3v) is 3.97. The summed E-state index contributed by atoms with van der Waals surface area (Å²) < 4.78 is 18.2. The molecule has 3 aromatic rings. The highest BCUT2D eigenvalue weighted by molar-refractivity contribution is 5.58. The van der Waals surface area contributed by atoms with Gasteiger partial charge in [-0.05, 0) is 36.4 Å². The van der Waals surface area contributed by atoms with Gasteiger partial charge in [-0.1, -0.05) is 6.07 Å². The average molecular weight is 354 g/mol. The number of ether oxygens (including phenoxy) is 3. The second-order valence-electron chi connectivity index (χ2n) is 5.65. The molecule has 7 nitrogen and oxygen atoms in total. The molecule has 0 aliphatic heterocycles. The van der Waals surface area contributed by atoms with Crippen LogP contribution in [0.2, 0.25) is 0 Å². The number of hydrogen-bond donors (Lipinski definition) is 1. The minimum atomic E-state index is 0.292. The standard InChI is InChI=1S/C19H22N4O3/c1-22(20)17-5-4-6-18(25-3)16(17)13-26-19-11-12-23(21-19)14-7-9-15(24-2)10-8-14/h4-12H,13,20H2,1-3H3. The molecule has 0 saturated carbocycles. The summed E-state index contributed by atoms with van der Waals surface area (Å²) in [5.41, 5.74) is 2.61. The molecule has 0 aliphatic carbocycles. The van der Waals surface area contributed by atoms with Crippen molar-refractivity contribution in [3.05, 3.63) is 60.3 Å². The molecule has 26 heavy (non-hydrogen) atoms. The third-order valence-electron chi connectivity index (χ3n) is 3.97. The van der Waals surface area contributed by atoms with Crippen molar-refractivity contribution >= 4 is 5.69 Å². The fourth-order valence-electron chi connectivity index (χ4n) is 2.63. The molecular weight excluding hydrogens is 332 g/mol. The van der Waals surface area contributed by atoms with Crippen LogP contribution in [0.1, 0.15) is 5.56 Å². The van der Waals surface area contributed by atoms with Crippen LogP contribution in [0.5, 0.6) is 17.4 Å². The molecule has 0 aliphatic rings. The van der Waals surface area contributed by atoms with E-state index in [1.807, 2.05) is 54.7 Å². The number of aromatic nitrogens is 2. The number of nitrogens with two attached hydrogens (primary N) is 1. The summed E-state index contributed by atoms with van der Waals surface area (Å²) in [6.07, 6.45) is 1.84. The Bertz CT molecular complexity index is 859. The second kappa shape index (κ2) is 7.79. The van der Waals surface area contributed by atoms with E-state index >= 15 is 0 Å². The van der Waals surface area contributed by atoms with Gasteiger partial charge in [0.2, 0.25) is 5.88 Å². The summed E-state index contributed by atoms with van der Waals surface area (Å²) in [5.74, 6) is 7.93. The van der Waals surface area contributed by atoms with Gasteiger partial charge in [-0.25, -0.2) is 10.5 Å². The van der Waals surface area contributed by atoms with Crippen molar-refractivity contribution in [2.75, 3.05) is 26.3 Å². The van der Waals surface area contributed by atoms with E-state index in [4.69, 9.17) is 20.1 Å². The zero-order valence-corrected chi connectivity index (χ0v) is 15.0. The molecule has 0 atom stereocenters.